The first-order valence-electron chi connectivity index (χ1n) is 10.9. The Hall–Kier alpha value is -2.72. The molecule has 0 aliphatic carbocycles. The summed E-state index contributed by atoms with van der Waals surface area (Å²) in [5.74, 6) is 0.593. The van der Waals surface area contributed by atoms with Gasteiger partial charge in [-0.15, -0.1) is 0 Å². The molecule has 9 heteroatoms. The quantitative estimate of drug-likeness (QED) is 0.509. The summed E-state index contributed by atoms with van der Waals surface area (Å²) in [7, 11) is -6.45. The fraction of sp³-hybridized carbons (Fsp3) is 0.280. The summed E-state index contributed by atoms with van der Waals surface area (Å²) >= 11 is 0. The summed E-state index contributed by atoms with van der Waals surface area (Å²) in [5.41, 5.74) is 2.41. The van der Waals surface area contributed by atoms with Gasteiger partial charge >= 0.3 is 0 Å². The molecule has 0 saturated carbocycles. The molecule has 3 aromatic rings. The first kappa shape index (κ1) is 24.4. The van der Waals surface area contributed by atoms with Crippen LogP contribution in [0.3, 0.4) is 0 Å². The Kier molecular flexibility index (Phi) is 6.56. The molecule has 1 fully saturated rings. The predicted octanol–water partition coefficient (Wildman–Crippen LogP) is 4.09. The zero-order valence-electron chi connectivity index (χ0n) is 19.5. The standard InChI is InChI=1S/C25H28N2O5S2/c1-18-5-13-23(14-6-18)33(28,29)26-17-20(3)27(25(26)21-9-11-22(32-4)12-10-21)34(30,31)24-15-7-19(2)8-16-24/h5-16,20,25H,17H2,1-4H3/t20-,25+/m1/s1. The van der Waals surface area contributed by atoms with E-state index in [9.17, 15) is 16.8 Å². The van der Waals surface area contributed by atoms with Crippen LogP contribution in [0.4, 0.5) is 0 Å². The predicted molar refractivity (Wildman–Crippen MR) is 130 cm³/mol. The average Bonchev–Trinajstić information content (AvgIpc) is 3.18. The first-order valence-corrected chi connectivity index (χ1v) is 13.8. The zero-order valence-corrected chi connectivity index (χ0v) is 21.2. The van der Waals surface area contributed by atoms with Gasteiger partial charge in [-0.05, 0) is 62.7 Å². The Morgan fingerprint density at radius 3 is 1.68 bits per heavy atom. The van der Waals surface area contributed by atoms with E-state index >= 15 is 0 Å². The van der Waals surface area contributed by atoms with Gasteiger partial charge in [0.1, 0.15) is 11.9 Å². The van der Waals surface area contributed by atoms with Gasteiger partial charge in [0.2, 0.25) is 20.0 Å². The summed E-state index contributed by atoms with van der Waals surface area (Å²) in [5, 5.41) is 0. The van der Waals surface area contributed by atoms with Crippen molar-refractivity contribution in [2.45, 2.75) is 42.8 Å². The second kappa shape index (κ2) is 9.14. The lowest BCUT2D eigenvalue weighted by Gasteiger charge is -2.31. The minimum Gasteiger partial charge on any atom is -0.497 e. The SMILES string of the molecule is COc1ccc([C@H]2N(S(=O)(=O)c3ccc(C)cc3)C[C@@H](C)N2S(=O)(=O)c2ccc(C)cc2)cc1. The van der Waals surface area contributed by atoms with Crippen molar-refractivity contribution >= 4 is 20.0 Å². The molecular formula is C25H28N2O5S2. The van der Waals surface area contributed by atoms with Gasteiger partial charge in [0.25, 0.3) is 0 Å². The number of hydrogen-bond donors (Lipinski definition) is 0. The average molecular weight is 501 g/mol. The Morgan fingerprint density at radius 1 is 0.735 bits per heavy atom. The number of nitrogens with zero attached hydrogens (tertiary/aromatic N) is 2. The van der Waals surface area contributed by atoms with Crippen LogP contribution in [0, 0.1) is 13.8 Å². The Balaban J connectivity index is 1.87. The van der Waals surface area contributed by atoms with E-state index in [1.54, 1.807) is 79.7 Å². The lowest BCUT2D eigenvalue weighted by atomic mass is 10.1. The van der Waals surface area contributed by atoms with Crippen LogP contribution in [0.5, 0.6) is 5.75 Å². The van der Waals surface area contributed by atoms with E-state index in [0.29, 0.717) is 11.3 Å². The normalized spacial score (nSPS) is 19.9. The Labute approximate surface area is 201 Å². The van der Waals surface area contributed by atoms with E-state index in [0.717, 1.165) is 11.1 Å². The fourth-order valence-corrected chi connectivity index (χ4v) is 7.64. The molecule has 1 aliphatic rings. The van der Waals surface area contributed by atoms with Crippen molar-refractivity contribution in [1.29, 1.82) is 0 Å². The molecule has 1 aliphatic heterocycles. The third-order valence-corrected chi connectivity index (χ3v) is 9.85. The van der Waals surface area contributed by atoms with E-state index < -0.39 is 32.3 Å². The number of aryl methyl sites for hydroxylation is 2. The van der Waals surface area contributed by atoms with E-state index in [-0.39, 0.29) is 16.3 Å². The van der Waals surface area contributed by atoms with Crippen LogP contribution in [0.2, 0.25) is 0 Å². The number of methoxy groups -OCH3 is 1. The van der Waals surface area contributed by atoms with Crippen LogP contribution in [-0.4, -0.2) is 45.1 Å². The molecule has 7 nitrogen and oxygen atoms in total. The highest BCUT2D eigenvalue weighted by Crippen LogP contribution is 2.41. The van der Waals surface area contributed by atoms with Gasteiger partial charge in [-0.2, -0.15) is 8.61 Å². The number of benzene rings is 3. The van der Waals surface area contributed by atoms with E-state index in [4.69, 9.17) is 4.74 Å². The summed E-state index contributed by atoms with van der Waals surface area (Å²) in [4.78, 5) is 0.247. The molecule has 0 N–H and O–H groups in total. The zero-order chi connectivity index (χ0) is 24.7. The van der Waals surface area contributed by atoms with Gasteiger partial charge in [-0.1, -0.05) is 47.5 Å². The van der Waals surface area contributed by atoms with E-state index in [2.05, 4.69) is 0 Å². The number of sulfonamides is 2. The van der Waals surface area contributed by atoms with Crippen LogP contribution < -0.4 is 4.74 Å². The van der Waals surface area contributed by atoms with Crippen LogP contribution in [0.1, 0.15) is 29.8 Å². The highest BCUT2D eigenvalue weighted by molar-refractivity contribution is 7.90. The maximum Gasteiger partial charge on any atom is 0.245 e. The largest absolute Gasteiger partial charge is 0.497 e. The van der Waals surface area contributed by atoms with Crippen LogP contribution in [0.15, 0.2) is 82.6 Å². The third-order valence-electron chi connectivity index (χ3n) is 6.03. The van der Waals surface area contributed by atoms with Crippen molar-refractivity contribution in [2.24, 2.45) is 0 Å². The molecule has 2 atom stereocenters. The molecule has 0 unspecified atom stereocenters. The van der Waals surface area contributed by atoms with E-state index in [1.165, 1.54) is 15.7 Å². The molecule has 3 aromatic carbocycles. The molecule has 0 bridgehead atoms. The van der Waals surface area contributed by atoms with Gasteiger partial charge in [0.05, 0.1) is 16.9 Å². The van der Waals surface area contributed by atoms with Gasteiger partial charge in [0, 0.05) is 12.6 Å². The smallest absolute Gasteiger partial charge is 0.245 e. The summed E-state index contributed by atoms with van der Waals surface area (Å²) in [6.07, 6.45) is -1.04. The van der Waals surface area contributed by atoms with Gasteiger partial charge < -0.3 is 4.74 Å². The fourth-order valence-electron chi connectivity index (χ4n) is 4.17. The van der Waals surface area contributed by atoms with Gasteiger partial charge in [-0.3, -0.25) is 0 Å². The highest BCUT2D eigenvalue weighted by atomic mass is 32.2. The lowest BCUT2D eigenvalue weighted by molar-refractivity contribution is 0.275. The van der Waals surface area contributed by atoms with Crippen LogP contribution in [0.25, 0.3) is 0 Å². The topological polar surface area (TPSA) is 84.0 Å². The first-order chi connectivity index (χ1) is 16.1. The third kappa shape index (κ3) is 4.36. The van der Waals surface area contributed by atoms with Crippen LogP contribution >= 0.6 is 0 Å². The van der Waals surface area contributed by atoms with Crippen molar-refractivity contribution in [1.82, 2.24) is 8.61 Å². The van der Waals surface area contributed by atoms with Crippen molar-refractivity contribution in [3.05, 3.63) is 89.5 Å². The Bertz CT molecular complexity index is 1370. The lowest BCUT2D eigenvalue weighted by Crippen LogP contribution is -2.39. The monoisotopic (exact) mass is 500 g/mol. The second-order valence-corrected chi connectivity index (χ2v) is 12.3. The summed E-state index contributed by atoms with van der Waals surface area (Å²) in [6, 6.07) is 19.4. The number of ether oxygens (including phenoxy) is 1. The highest BCUT2D eigenvalue weighted by Gasteiger charge is 2.50. The van der Waals surface area contributed by atoms with E-state index in [1.807, 2.05) is 13.8 Å². The summed E-state index contributed by atoms with van der Waals surface area (Å²) < 4.78 is 62.9. The molecule has 1 saturated heterocycles. The second-order valence-electron chi connectivity index (χ2n) is 8.53. The van der Waals surface area contributed by atoms with Crippen molar-refractivity contribution in [3.8, 4) is 5.75 Å². The van der Waals surface area contributed by atoms with Crippen molar-refractivity contribution < 1.29 is 21.6 Å². The molecule has 180 valence electrons. The summed E-state index contributed by atoms with van der Waals surface area (Å²) in [6.45, 7) is 5.51. The molecule has 0 radical (unpaired) electrons. The van der Waals surface area contributed by atoms with Crippen molar-refractivity contribution in [2.75, 3.05) is 13.7 Å². The van der Waals surface area contributed by atoms with Gasteiger partial charge in [-0.25, -0.2) is 16.8 Å². The molecule has 34 heavy (non-hydrogen) atoms. The molecule has 4 rings (SSSR count). The Morgan fingerprint density at radius 2 is 1.21 bits per heavy atom. The van der Waals surface area contributed by atoms with Crippen LogP contribution in [-0.2, 0) is 20.0 Å². The van der Waals surface area contributed by atoms with Gasteiger partial charge in [0.15, 0.2) is 0 Å². The maximum atomic E-state index is 13.8. The minimum absolute atomic E-state index is 0.0258. The molecule has 0 aromatic heterocycles. The maximum absolute atomic E-state index is 13.8. The number of rotatable bonds is 6. The molecule has 0 amide bonds. The minimum atomic E-state index is -4.00. The molecular weight excluding hydrogens is 472 g/mol. The molecule has 1 heterocycles. The van der Waals surface area contributed by atoms with Crippen molar-refractivity contribution in [3.63, 3.8) is 0 Å². The number of hydrogen-bond acceptors (Lipinski definition) is 5. The molecule has 0 spiro atoms.